The average Bonchev–Trinajstić information content (AvgIpc) is 2.92. The topological polar surface area (TPSA) is 101 Å². The third kappa shape index (κ3) is 3.76. The zero-order valence-corrected chi connectivity index (χ0v) is 14.9. The molecule has 0 aliphatic carbocycles. The van der Waals surface area contributed by atoms with Crippen LogP contribution in [-0.4, -0.2) is 35.1 Å². The molecule has 0 bridgehead atoms. The second kappa shape index (κ2) is 7.67. The Bertz CT molecular complexity index is 994. The molecule has 0 saturated carbocycles. The van der Waals surface area contributed by atoms with E-state index in [2.05, 4.69) is 5.32 Å². The fourth-order valence-electron chi connectivity index (χ4n) is 2.73. The number of ether oxygens (including phenoxy) is 1. The van der Waals surface area contributed by atoms with Crippen molar-refractivity contribution in [3.05, 3.63) is 51.2 Å². The molecule has 0 radical (unpaired) electrons. The van der Waals surface area contributed by atoms with Crippen molar-refractivity contribution < 1.29 is 14.3 Å². The number of aromatic nitrogens is 1. The van der Waals surface area contributed by atoms with Gasteiger partial charge in [0.2, 0.25) is 0 Å². The van der Waals surface area contributed by atoms with Crippen molar-refractivity contribution in [2.75, 3.05) is 13.7 Å². The van der Waals surface area contributed by atoms with Crippen molar-refractivity contribution in [2.24, 2.45) is 0 Å². The average molecular weight is 371 g/mol. The van der Waals surface area contributed by atoms with Crippen molar-refractivity contribution in [1.29, 1.82) is 5.41 Å². The molecular formula is C18H17N3O4S. The van der Waals surface area contributed by atoms with E-state index in [0.717, 1.165) is 22.7 Å². The summed E-state index contributed by atoms with van der Waals surface area (Å²) >= 11 is 0.978. The third-order valence-corrected chi connectivity index (χ3v) is 4.73. The van der Waals surface area contributed by atoms with Crippen LogP contribution in [0, 0.1) is 5.41 Å². The lowest BCUT2D eigenvalue weighted by molar-refractivity contribution is -0.122. The molecule has 1 saturated heterocycles. The number of ketones is 1. The van der Waals surface area contributed by atoms with Crippen LogP contribution in [0.1, 0.15) is 12.0 Å². The van der Waals surface area contributed by atoms with Crippen molar-refractivity contribution >= 4 is 45.6 Å². The van der Waals surface area contributed by atoms with Gasteiger partial charge in [0.25, 0.3) is 11.5 Å². The molecule has 1 fully saturated rings. The summed E-state index contributed by atoms with van der Waals surface area (Å²) in [4.78, 5) is 36.8. The monoisotopic (exact) mass is 371 g/mol. The molecule has 0 spiro atoms. The maximum absolute atomic E-state index is 12.9. The van der Waals surface area contributed by atoms with Gasteiger partial charge in [0.1, 0.15) is 6.61 Å². The summed E-state index contributed by atoms with van der Waals surface area (Å²) in [5.41, 5.74) is 0.782. The molecular weight excluding hydrogens is 354 g/mol. The van der Waals surface area contributed by atoms with Gasteiger partial charge in [0.15, 0.2) is 11.0 Å². The molecule has 7 nitrogen and oxygen atoms in total. The number of aryl methyl sites for hydroxylation is 1. The number of amides is 1. The highest BCUT2D eigenvalue weighted by molar-refractivity contribution is 8.18. The number of fused-ring (bicyclic) bond motifs is 1. The lowest BCUT2D eigenvalue weighted by Gasteiger charge is -2.11. The number of para-hydroxylation sites is 1. The fourth-order valence-corrected chi connectivity index (χ4v) is 3.42. The number of hydrogen-bond donors (Lipinski definition) is 2. The van der Waals surface area contributed by atoms with E-state index in [4.69, 9.17) is 10.1 Å². The maximum atomic E-state index is 12.9. The molecule has 1 amide bonds. The number of carbonyl (C=O) groups is 2. The molecule has 0 unspecified atom stereocenters. The van der Waals surface area contributed by atoms with E-state index in [9.17, 15) is 14.4 Å². The largest absolute Gasteiger partial charge is 0.377 e. The molecule has 8 heteroatoms. The van der Waals surface area contributed by atoms with Crippen LogP contribution in [0.2, 0.25) is 0 Å². The standard InChI is InChI=1S/C18H17N3O4S/c1-25-10-13(22)6-7-21-14-5-3-2-4-11(14)8-12(17(21)24)9-15-16(23)20-18(19)26-15/h2-5,8-9H,6-7,10H2,1H3,(H2,19,20,23)/b15-9-. The number of rotatable bonds is 6. The van der Waals surface area contributed by atoms with E-state index in [1.165, 1.54) is 17.8 Å². The third-order valence-electron chi connectivity index (χ3n) is 3.90. The number of amidine groups is 1. The molecule has 3 rings (SSSR count). The van der Waals surface area contributed by atoms with Gasteiger partial charge in [0.05, 0.1) is 10.4 Å². The van der Waals surface area contributed by atoms with Gasteiger partial charge in [-0.2, -0.15) is 0 Å². The summed E-state index contributed by atoms with van der Waals surface area (Å²) in [6.07, 6.45) is 1.67. The molecule has 134 valence electrons. The number of hydrogen-bond acceptors (Lipinski definition) is 6. The van der Waals surface area contributed by atoms with E-state index in [0.29, 0.717) is 10.5 Å². The van der Waals surface area contributed by atoms with Gasteiger partial charge in [-0.15, -0.1) is 0 Å². The quantitative estimate of drug-likeness (QED) is 0.754. The molecule has 2 N–H and O–H groups in total. The number of carbonyl (C=O) groups excluding carboxylic acids is 2. The van der Waals surface area contributed by atoms with E-state index in [-0.39, 0.29) is 36.1 Å². The first-order valence-electron chi connectivity index (χ1n) is 7.92. The molecule has 2 heterocycles. The van der Waals surface area contributed by atoms with Crippen LogP contribution in [-0.2, 0) is 20.9 Å². The number of pyridine rings is 1. The lowest BCUT2D eigenvalue weighted by Crippen LogP contribution is -2.25. The Morgan fingerprint density at radius 2 is 2.12 bits per heavy atom. The van der Waals surface area contributed by atoms with Gasteiger partial charge in [0, 0.05) is 25.6 Å². The Morgan fingerprint density at radius 1 is 1.35 bits per heavy atom. The van der Waals surface area contributed by atoms with Gasteiger partial charge in [-0.05, 0) is 35.4 Å². The van der Waals surface area contributed by atoms with Crippen LogP contribution in [0.15, 0.2) is 40.0 Å². The minimum Gasteiger partial charge on any atom is -0.377 e. The smallest absolute Gasteiger partial charge is 0.264 e. The molecule has 26 heavy (non-hydrogen) atoms. The number of methoxy groups -OCH3 is 1. The van der Waals surface area contributed by atoms with Gasteiger partial charge < -0.3 is 14.6 Å². The van der Waals surface area contributed by atoms with Gasteiger partial charge in [-0.3, -0.25) is 19.8 Å². The van der Waals surface area contributed by atoms with Crippen molar-refractivity contribution in [3.63, 3.8) is 0 Å². The highest BCUT2D eigenvalue weighted by atomic mass is 32.2. The van der Waals surface area contributed by atoms with Crippen molar-refractivity contribution in [1.82, 2.24) is 9.88 Å². The molecule has 1 aliphatic heterocycles. The molecule has 1 aliphatic rings. The van der Waals surface area contributed by atoms with Gasteiger partial charge in [-0.1, -0.05) is 18.2 Å². The Morgan fingerprint density at radius 3 is 2.81 bits per heavy atom. The van der Waals surface area contributed by atoms with Gasteiger partial charge >= 0.3 is 0 Å². The summed E-state index contributed by atoms with van der Waals surface area (Å²) in [6.45, 7) is 0.239. The van der Waals surface area contributed by atoms with E-state index < -0.39 is 5.91 Å². The van der Waals surface area contributed by atoms with E-state index >= 15 is 0 Å². The van der Waals surface area contributed by atoms with E-state index in [1.54, 1.807) is 6.07 Å². The summed E-state index contributed by atoms with van der Waals surface area (Å²) in [5, 5.41) is 10.8. The highest BCUT2D eigenvalue weighted by Gasteiger charge is 2.23. The molecule has 1 aromatic heterocycles. The first-order chi connectivity index (χ1) is 12.5. The number of nitrogens with one attached hydrogen (secondary N) is 2. The first kappa shape index (κ1) is 18.1. The van der Waals surface area contributed by atoms with Crippen LogP contribution >= 0.6 is 11.8 Å². The second-order valence-corrected chi connectivity index (χ2v) is 6.78. The van der Waals surface area contributed by atoms with Crippen LogP contribution in [0.3, 0.4) is 0 Å². The lowest BCUT2D eigenvalue weighted by atomic mass is 10.1. The summed E-state index contributed by atoms with van der Waals surface area (Å²) < 4.78 is 6.37. The normalized spacial score (nSPS) is 15.7. The second-order valence-electron chi connectivity index (χ2n) is 5.73. The number of benzene rings is 1. The molecule has 0 atom stereocenters. The van der Waals surface area contributed by atoms with Crippen molar-refractivity contribution in [2.45, 2.75) is 13.0 Å². The van der Waals surface area contributed by atoms with Crippen LogP contribution in [0.4, 0.5) is 0 Å². The van der Waals surface area contributed by atoms with Crippen LogP contribution in [0.5, 0.6) is 0 Å². The molecule has 1 aromatic carbocycles. The number of thioether (sulfide) groups is 1. The Hall–Kier alpha value is -2.71. The predicted molar refractivity (Wildman–Crippen MR) is 101 cm³/mol. The van der Waals surface area contributed by atoms with E-state index in [1.807, 2.05) is 24.3 Å². The highest BCUT2D eigenvalue weighted by Crippen LogP contribution is 2.25. The minimum absolute atomic E-state index is 0.00927. The Kier molecular flexibility index (Phi) is 5.34. The minimum atomic E-state index is -0.394. The fraction of sp³-hybridized carbons (Fsp3) is 0.222. The van der Waals surface area contributed by atoms with Crippen LogP contribution in [0.25, 0.3) is 17.0 Å². The number of Topliss-reactive ketones (excluding diaryl/α,β-unsaturated/α-hetero) is 1. The molecule has 2 aromatic rings. The SMILES string of the molecule is COCC(=O)CCn1c(=O)c(/C=C2\SC(=N)NC2=O)cc2ccccc21. The van der Waals surface area contributed by atoms with Crippen molar-refractivity contribution in [3.8, 4) is 0 Å². The maximum Gasteiger partial charge on any atom is 0.264 e. The Balaban J connectivity index is 2.05. The van der Waals surface area contributed by atoms with Crippen LogP contribution < -0.4 is 10.9 Å². The zero-order chi connectivity index (χ0) is 18.7. The number of nitrogens with zero attached hydrogens (tertiary/aromatic N) is 1. The summed E-state index contributed by atoms with van der Waals surface area (Å²) in [5.74, 6) is -0.485. The first-order valence-corrected chi connectivity index (χ1v) is 8.74. The summed E-state index contributed by atoms with van der Waals surface area (Å²) in [7, 11) is 1.45. The Labute approximate surface area is 153 Å². The predicted octanol–water partition coefficient (Wildman–Crippen LogP) is 1.75. The summed E-state index contributed by atoms with van der Waals surface area (Å²) in [6, 6.07) is 9.09. The zero-order valence-electron chi connectivity index (χ0n) is 14.1. The van der Waals surface area contributed by atoms with Gasteiger partial charge in [-0.25, -0.2) is 0 Å².